The molecule has 106 valence electrons. The topological polar surface area (TPSA) is 95.2 Å². The summed E-state index contributed by atoms with van der Waals surface area (Å²) >= 11 is 0. The molecule has 0 radical (unpaired) electrons. The van der Waals surface area contributed by atoms with Gasteiger partial charge in [0.25, 0.3) is 0 Å². The standard InChI is InChI=1S/C13H12O7/c1-17-8-4-7(15)6(5-14)9-10(8)20-13(16)12(19-3)11(9)18-2/h4-5,15H,1-3H3. The molecule has 0 unspecified atom stereocenters. The van der Waals surface area contributed by atoms with Gasteiger partial charge in [-0.2, -0.15) is 0 Å². The van der Waals surface area contributed by atoms with Gasteiger partial charge in [0, 0.05) is 6.07 Å². The number of hydrogen-bond donors (Lipinski definition) is 1. The largest absolute Gasteiger partial charge is 0.507 e. The van der Waals surface area contributed by atoms with E-state index in [0.717, 1.165) is 0 Å². The van der Waals surface area contributed by atoms with Crippen LogP contribution in [0, 0.1) is 0 Å². The summed E-state index contributed by atoms with van der Waals surface area (Å²) in [7, 11) is 3.91. The van der Waals surface area contributed by atoms with Crippen molar-refractivity contribution in [1.82, 2.24) is 0 Å². The lowest BCUT2D eigenvalue weighted by atomic mass is 10.1. The Kier molecular flexibility index (Phi) is 3.51. The van der Waals surface area contributed by atoms with Crippen LogP contribution in [0.4, 0.5) is 0 Å². The lowest BCUT2D eigenvalue weighted by Gasteiger charge is -2.13. The summed E-state index contributed by atoms with van der Waals surface area (Å²) in [5, 5.41) is 9.95. The zero-order valence-electron chi connectivity index (χ0n) is 11.1. The van der Waals surface area contributed by atoms with Gasteiger partial charge >= 0.3 is 5.63 Å². The Morgan fingerprint density at radius 1 is 1.15 bits per heavy atom. The Labute approximate surface area is 113 Å². The normalized spacial score (nSPS) is 10.3. The van der Waals surface area contributed by atoms with Gasteiger partial charge in [0.1, 0.15) is 5.75 Å². The molecule has 7 heteroatoms. The number of aldehydes is 1. The van der Waals surface area contributed by atoms with Gasteiger partial charge in [-0.05, 0) is 0 Å². The van der Waals surface area contributed by atoms with Gasteiger partial charge in [-0.3, -0.25) is 4.79 Å². The van der Waals surface area contributed by atoms with Crippen LogP contribution in [0.5, 0.6) is 23.0 Å². The number of phenolic OH excluding ortho intramolecular Hbond substituents is 1. The van der Waals surface area contributed by atoms with E-state index >= 15 is 0 Å². The summed E-state index contributed by atoms with van der Waals surface area (Å²) in [5.41, 5.74) is -0.868. The van der Waals surface area contributed by atoms with Crippen molar-refractivity contribution in [2.75, 3.05) is 21.3 Å². The molecular weight excluding hydrogens is 268 g/mol. The molecule has 0 atom stereocenters. The Balaban J connectivity index is 3.12. The Hall–Kier alpha value is -2.70. The van der Waals surface area contributed by atoms with Crippen LogP contribution < -0.4 is 19.8 Å². The maximum Gasteiger partial charge on any atom is 0.383 e. The molecule has 1 N–H and O–H groups in total. The van der Waals surface area contributed by atoms with Crippen molar-refractivity contribution < 1.29 is 28.5 Å². The summed E-state index contributed by atoms with van der Waals surface area (Å²) in [6, 6.07) is 1.18. The Morgan fingerprint density at radius 3 is 2.30 bits per heavy atom. The van der Waals surface area contributed by atoms with E-state index in [0.29, 0.717) is 6.29 Å². The molecule has 0 saturated carbocycles. The van der Waals surface area contributed by atoms with Gasteiger partial charge in [-0.1, -0.05) is 0 Å². The van der Waals surface area contributed by atoms with E-state index in [1.54, 1.807) is 0 Å². The molecule has 0 aliphatic rings. The van der Waals surface area contributed by atoms with Gasteiger partial charge in [-0.15, -0.1) is 0 Å². The summed E-state index contributed by atoms with van der Waals surface area (Å²) < 4.78 is 20.2. The zero-order valence-corrected chi connectivity index (χ0v) is 11.1. The highest BCUT2D eigenvalue weighted by Crippen LogP contribution is 2.41. The van der Waals surface area contributed by atoms with Crippen LogP contribution in [0.2, 0.25) is 0 Å². The molecule has 0 aliphatic carbocycles. The van der Waals surface area contributed by atoms with Crippen LogP contribution in [0.15, 0.2) is 15.3 Å². The number of phenols is 1. The van der Waals surface area contributed by atoms with Crippen molar-refractivity contribution >= 4 is 17.3 Å². The minimum atomic E-state index is -0.780. The van der Waals surface area contributed by atoms with Gasteiger partial charge in [-0.25, -0.2) is 4.79 Å². The minimum absolute atomic E-state index is 0.00458. The lowest BCUT2D eigenvalue weighted by molar-refractivity contribution is 0.112. The van der Waals surface area contributed by atoms with Crippen molar-refractivity contribution in [3.63, 3.8) is 0 Å². The predicted octanol–water partition coefficient (Wildman–Crippen LogP) is 1.34. The number of benzene rings is 1. The van der Waals surface area contributed by atoms with Crippen LogP contribution in [0.25, 0.3) is 11.0 Å². The van der Waals surface area contributed by atoms with Crippen LogP contribution >= 0.6 is 0 Å². The van der Waals surface area contributed by atoms with E-state index in [1.807, 2.05) is 0 Å². The maximum atomic E-state index is 11.8. The summed E-state index contributed by atoms with van der Waals surface area (Å²) in [6.07, 6.45) is 0.430. The highest BCUT2D eigenvalue weighted by molar-refractivity contribution is 6.05. The van der Waals surface area contributed by atoms with Crippen molar-refractivity contribution in [2.45, 2.75) is 0 Å². The third kappa shape index (κ3) is 1.83. The average Bonchev–Trinajstić information content (AvgIpc) is 2.45. The molecule has 1 aromatic carbocycles. The highest BCUT2D eigenvalue weighted by atomic mass is 16.5. The SMILES string of the molecule is COc1c(OC)c2c(C=O)c(O)cc(OC)c2oc1=O. The second-order valence-electron chi connectivity index (χ2n) is 3.79. The number of aromatic hydroxyl groups is 1. The number of carbonyl (C=O) groups is 1. The molecule has 20 heavy (non-hydrogen) atoms. The highest BCUT2D eigenvalue weighted by Gasteiger charge is 2.24. The first-order valence-corrected chi connectivity index (χ1v) is 5.52. The van der Waals surface area contributed by atoms with Gasteiger partial charge in [0.05, 0.1) is 32.3 Å². The zero-order chi connectivity index (χ0) is 14.9. The fourth-order valence-electron chi connectivity index (χ4n) is 1.95. The van der Waals surface area contributed by atoms with Gasteiger partial charge in [0.15, 0.2) is 23.4 Å². The third-order valence-electron chi connectivity index (χ3n) is 2.82. The third-order valence-corrected chi connectivity index (χ3v) is 2.82. The Bertz CT molecular complexity index is 730. The quantitative estimate of drug-likeness (QED) is 0.666. The van der Waals surface area contributed by atoms with Crippen molar-refractivity contribution in [3.05, 3.63) is 22.0 Å². The molecule has 2 aromatic rings. The fourth-order valence-corrected chi connectivity index (χ4v) is 1.95. The van der Waals surface area contributed by atoms with Crippen LogP contribution in [0.3, 0.4) is 0 Å². The number of rotatable bonds is 4. The van der Waals surface area contributed by atoms with Crippen LogP contribution in [0.1, 0.15) is 10.4 Å². The molecule has 0 fully saturated rings. The van der Waals surface area contributed by atoms with Crippen molar-refractivity contribution in [3.8, 4) is 23.0 Å². The fraction of sp³-hybridized carbons (Fsp3) is 0.231. The molecule has 1 aromatic heterocycles. The first-order valence-electron chi connectivity index (χ1n) is 5.52. The molecule has 0 bridgehead atoms. The second-order valence-corrected chi connectivity index (χ2v) is 3.79. The molecule has 7 nitrogen and oxygen atoms in total. The second kappa shape index (κ2) is 5.12. The van der Waals surface area contributed by atoms with Gasteiger partial charge in [0.2, 0.25) is 5.75 Å². The molecule has 0 amide bonds. The number of methoxy groups -OCH3 is 3. The summed E-state index contributed by atoms with van der Waals surface area (Å²) in [5.74, 6) is -0.425. The summed E-state index contributed by atoms with van der Waals surface area (Å²) in [6.45, 7) is 0. The van der Waals surface area contributed by atoms with E-state index in [-0.39, 0.29) is 39.5 Å². The van der Waals surface area contributed by atoms with Crippen molar-refractivity contribution in [1.29, 1.82) is 0 Å². The van der Waals surface area contributed by atoms with Gasteiger partial charge < -0.3 is 23.7 Å². The van der Waals surface area contributed by atoms with E-state index < -0.39 is 5.63 Å². The molecule has 0 saturated heterocycles. The molecule has 1 heterocycles. The van der Waals surface area contributed by atoms with Crippen LogP contribution in [-0.4, -0.2) is 32.7 Å². The van der Waals surface area contributed by atoms with E-state index in [4.69, 9.17) is 18.6 Å². The monoisotopic (exact) mass is 280 g/mol. The molecular formula is C13H12O7. The molecule has 2 rings (SSSR count). The van der Waals surface area contributed by atoms with E-state index in [2.05, 4.69) is 0 Å². The lowest BCUT2D eigenvalue weighted by Crippen LogP contribution is -2.08. The molecule has 0 aliphatic heterocycles. The van der Waals surface area contributed by atoms with E-state index in [9.17, 15) is 14.7 Å². The van der Waals surface area contributed by atoms with E-state index in [1.165, 1.54) is 27.4 Å². The number of carbonyl (C=O) groups excluding carboxylic acids is 1. The number of hydrogen-bond acceptors (Lipinski definition) is 7. The summed E-state index contributed by atoms with van der Waals surface area (Å²) in [4.78, 5) is 23.0. The average molecular weight is 280 g/mol. The number of ether oxygens (including phenoxy) is 3. The first kappa shape index (κ1) is 13.7. The van der Waals surface area contributed by atoms with Crippen LogP contribution in [-0.2, 0) is 0 Å². The van der Waals surface area contributed by atoms with Crippen molar-refractivity contribution in [2.24, 2.45) is 0 Å². The smallest absolute Gasteiger partial charge is 0.383 e. The number of fused-ring (bicyclic) bond motifs is 1. The molecule has 0 spiro atoms. The first-order chi connectivity index (χ1) is 9.58. The Morgan fingerprint density at radius 2 is 1.80 bits per heavy atom. The predicted molar refractivity (Wildman–Crippen MR) is 69.2 cm³/mol. The minimum Gasteiger partial charge on any atom is -0.507 e. The maximum absolute atomic E-state index is 11.8.